The maximum Gasteiger partial charge on any atom is 0.244 e. The Morgan fingerprint density at radius 2 is 1.94 bits per heavy atom. The summed E-state index contributed by atoms with van der Waals surface area (Å²) in [5, 5.41) is 4.92. The lowest BCUT2D eigenvalue weighted by molar-refractivity contribution is -0.123. The van der Waals surface area contributed by atoms with E-state index in [-0.39, 0.29) is 49.7 Å². The molecular weight excluding hydrogens is 279 g/mol. The number of halogens is 2. The van der Waals surface area contributed by atoms with Gasteiger partial charge in [0.25, 0.3) is 0 Å². The summed E-state index contributed by atoms with van der Waals surface area (Å²) in [7, 11) is 0. The van der Waals surface area contributed by atoms with Crippen molar-refractivity contribution in [3.05, 3.63) is 23.9 Å². The van der Waals surface area contributed by atoms with Gasteiger partial charge in [0.1, 0.15) is 5.82 Å². The van der Waals surface area contributed by atoms with Crippen LogP contribution in [-0.4, -0.2) is 29.9 Å². The molecule has 102 valence electrons. The normalized spacial score (nSPS) is 8.56. The number of nitrogens with zero attached hydrogens (tertiary/aromatic N) is 1. The Labute approximate surface area is 118 Å². The molecule has 18 heavy (non-hydrogen) atoms. The van der Waals surface area contributed by atoms with Crippen LogP contribution in [0.5, 0.6) is 0 Å². The molecular formula is C10H16Cl2N4O2. The number of carbonyl (C=O) groups excluding carboxylic acids is 2. The average Bonchev–Trinajstić information content (AvgIpc) is 2.26. The SMILES string of the molecule is Cc1cccc(NC(=O)CNC(=O)CN)n1.Cl.Cl. The van der Waals surface area contributed by atoms with Crippen molar-refractivity contribution in [1.82, 2.24) is 10.3 Å². The third-order valence-corrected chi connectivity index (χ3v) is 1.79. The van der Waals surface area contributed by atoms with Crippen molar-refractivity contribution in [2.45, 2.75) is 6.92 Å². The summed E-state index contributed by atoms with van der Waals surface area (Å²) >= 11 is 0. The Balaban J connectivity index is 0. The van der Waals surface area contributed by atoms with Crippen molar-refractivity contribution >= 4 is 42.4 Å². The minimum atomic E-state index is -0.368. The summed E-state index contributed by atoms with van der Waals surface area (Å²) in [6.07, 6.45) is 0. The van der Waals surface area contributed by atoms with E-state index in [1.54, 1.807) is 12.1 Å². The van der Waals surface area contributed by atoms with Gasteiger partial charge in [-0.05, 0) is 19.1 Å². The average molecular weight is 295 g/mol. The predicted molar refractivity (Wildman–Crippen MR) is 74.2 cm³/mol. The molecule has 6 nitrogen and oxygen atoms in total. The largest absolute Gasteiger partial charge is 0.346 e. The number of amides is 2. The highest BCUT2D eigenvalue weighted by Gasteiger charge is 2.04. The third kappa shape index (κ3) is 7.05. The van der Waals surface area contributed by atoms with Crippen LogP contribution in [0.3, 0.4) is 0 Å². The first-order valence-corrected chi connectivity index (χ1v) is 4.82. The van der Waals surface area contributed by atoms with E-state index < -0.39 is 0 Å². The Morgan fingerprint density at radius 1 is 1.28 bits per heavy atom. The van der Waals surface area contributed by atoms with Crippen molar-refractivity contribution in [2.75, 3.05) is 18.4 Å². The van der Waals surface area contributed by atoms with Gasteiger partial charge in [0, 0.05) is 5.69 Å². The lowest BCUT2D eigenvalue weighted by Crippen LogP contribution is -2.36. The molecule has 0 atom stereocenters. The summed E-state index contributed by atoms with van der Waals surface area (Å²) in [4.78, 5) is 26.2. The summed E-state index contributed by atoms with van der Waals surface area (Å²) in [5.41, 5.74) is 5.88. The molecule has 0 aliphatic rings. The predicted octanol–water partition coefficient (Wildman–Crippen LogP) is 0.247. The summed E-state index contributed by atoms with van der Waals surface area (Å²) < 4.78 is 0. The molecule has 0 saturated heterocycles. The fraction of sp³-hybridized carbons (Fsp3) is 0.300. The van der Waals surface area contributed by atoms with Gasteiger partial charge in [-0.3, -0.25) is 9.59 Å². The number of pyridine rings is 1. The molecule has 4 N–H and O–H groups in total. The molecule has 0 spiro atoms. The van der Waals surface area contributed by atoms with Crippen LogP contribution in [0.25, 0.3) is 0 Å². The quantitative estimate of drug-likeness (QED) is 0.741. The Hall–Kier alpha value is -1.37. The first kappa shape index (κ1) is 19.0. The van der Waals surface area contributed by atoms with Crippen LogP contribution in [0.15, 0.2) is 18.2 Å². The highest BCUT2D eigenvalue weighted by molar-refractivity contribution is 5.94. The van der Waals surface area contributed by atoms with Crippen LogP contribution in [-0.2, 0) is 9.59 Å². The van der Waals surface area contributed by atoms with Crippen molar-refractivity contribution < 1.29 is 9.59 Å². The van der Waals surface area contributed by atoms with Gasteiger partial charge in [0.15, 0.2) is 0 Å². The number of aromatic nitrogens is 1. The third-order valence-electron chi connectivity index (χ3n) is 1.79. The number of nitrogens with one attached hydrogen (secondary N) is 2. The number of nitrogens with two attached hydrogens (primary N) is 1. The van der Waals surface area contributed by atoms with Crippen LogP contribution >= 0.6 is 24.8 Å². The molecule has 1 heterocycles. The maximum atomic E-state index is 11.3. The van der Waals surface area contributed by atoms with Gasteiger partial charge in [-0.1, -0.05) is 6.07 Å². The highest BCUT2D eigenvalue weighted by Crippen LogP contribution is 2.02. The van der Waals surface area contributed by atoms with E-state index in [1.165, 1.54) is 0 Å². The Kier molecular flexibility index (Phi) is 10.2. The van der Waals surface area contributed by atoms with Gasteiger partial charge in [-0.2, -0.15) is 0 Å². The summed E-state index contributed by atoms with van der Waals surface area (Å²) in [5.74, 6) is -0.237. The lowest BCUT2D eigenvalue weighted by Gasteiger charge is -2.05. The smallest absolute Gasteiger partial charge is 0.244 e. The molecule has 8 heteroatoms. The van der Waals surface area contributed by atoms with Crippen LogP contribution in [0, 0.1) is 6.92 Å². The molecule has 1 aromatic heterocycles. The molecule has 0 aliphatic carbocycles. The molecule has 1 rings (SSSR count). The van der Waals surface area contributed by atoms with E-state index in [1.807, 2.05) is 13.0 Å². The fourth-order valence-electron chi connectivity index (χ4n) is 1.05. The second-order valence-electron chi connectivity index (χ2n) is 3.19. The fourth-order valence-corrected chi connectivity index (χ4v) is 1.05. The van der Waals surface area contributed by atoms with Crippen LogP contribution < -0.4 is 16.4 Å². The van der Waals surface area contributed by atoms with Crippen LogP contribution in [0.2, 0.25) is 0 Å². The van der Waals surface area contributed by atoms with Crippen molar-refractivity contribution in [3.8, 4) is 0 Å². The molecule has 2 amide bonds. The van der Waals surface area contributed by atoms with Gasteiger partial charge >= 0.3 is 0 Å². The monoisotopic (exact) mass is 294 g/mol. The summed E-state index contributed by atoms with van der Waals surface area (Å²) in [6.45, 7) is 1.59. The maximum absolute atomic E-state index is 11.3. The van der Waals surface area contributed by atoms with E-state index in [4.69, 9.17) is 5.73 Å². The van der Waals surface area contributed by atoms with E-state index in [0.29, 0.717) is 5.82 Å². The molecule has 0 unspecified atom stereocenters. The first-order valence-electron chi connectivity index (χ1n) is 4.82. The molecule has 0 saturated carbocycles. The Morgan fingerprint density at radius 3 is 2.50 bits per heavy atom. The molecule has 1 aromatic rings. The summed E-state index contributed by atoms with van der Waals surface area (Å²) in [6, 6.07) is 5.29. The zero-order valence-electron chi connectivity index (χ0n) is 9.80. The van der Waals surface area contributed by atoms with Gasteiger partial charge in [0.2, 0.25) is 11.8 Å². The number of aryl methyl sites for hydroxylation is 1. The van der Waals surface area contributed by atoms with Gasteiger partial charge < -0.3 is 16.4 Å². The van der Waals surface area contributed by atoms with Gasteiger partial charge in [-0.15, -0.1) is 24.8 Å². The van der Waals surface area contributed by atoms with Crippen molar-refractivity contribution in [2.24, 2.45) is 5.73 Å². The molecule has 0 bridgehead atoms. The zero-order chi connectivity index (χ0) is 12.0. The van der Waals surface area contributed by atoms with E-state index in [2.05, 4.69) is 15.6 Å². The van der Waals surface area contributed by atoms with Crippen molar-refractivity contribution in [1.29, 1.82) is 0 Å². The topological polar surface area (TPSA) is 97.1 Å². The zero-order valence-corrected chi connectivity index (χ0v) is 11.4. The van der Waals surface area contributed by atoms with E-state index in [0.717, 1.165) is 5.69 Å². The minimum Gasteiger partial charge on any atom is -0.346 e. The first-order chi connectivity index (χ1) is 7.61. The molecule has 0 radical (unpaired) electrons. The second kappa shape index (κ2) is 9.64. The number of hydrogen-bond acceptors (Lipinski definition) is 4. The van der Waals surface area contributed by atoms with E-state index >= 15 is 0 Å². The lowest BCUT2D eigenvalue weighted by atomic mass is 10.4. The number of rotatable bonds is 4. The minimum absolute atomic E-state index is 0. The highest BCUT2D eigenvalue weighted by atomic mass is 35.5. The van der Waals surface area contributed by atoms with Gasteiger partial charge in [-0.25, -0.2) is 4.98 Å². The second-order valence-corrected chi connectivity index (χ2v) is 3.19. The molecule has 0 aromatic carbocycles. The molecule has 0 aliphatic heterocycles. The number of anilines is 1. The number of carbonyl (C=O) groups is 2. The standard InChI is InChI=1S/C10H14N4O2.2ClH/c1-7-3-2-4-8(13-7)14-10(16)6-12-9(15)5-11;;/h2-4H,5-6,11H2,1H3,(H,12,15)(H,13,14,16);2*1H. The van der Waals surface area contributed by atoms with E-state index in [9.17, 15) is 9.59 Å². The molecule has 0 fully saturated rings. The van der Waals surface area contributed by atoms with Crippen LogP contribution in [0.4, 0.5) is 5.82 Å². The number of hydrogen-bond donors (Lipinski definition) is 3. The van der Waals surface area contributed by atoms with Crippen LogP contribution in [0.1, 0.15) is 5.69 Å². The van der Waals surface area contributed by atoms with Crippen molar-refractivity contribution in [3.63, 3.8) is 0 Å². The van der Waals surface area contributed by atoms with Gasteiger partial charge in [0.05, 0.1) is 13.1 Å². The Bertz CT molecular complexity index is 401.